The number of Topliss-reactive ketones (excluding diaryl/α,β-unsaturated/α-hetero) is 1. The molecule has 0 unspecified atom stereocenters. The number of carbonyl (C=O) groups is 3. The average molecular weight is 508 g/mol. The molecule has 0 aliphatic carbocycles. The number of fused-ring (bicyclic) bond motifs is 1. The summed E-state index contributed by atoms with van der Waals surface area (Å²) in [5, 5.41) is 11.2. The first-order valence-corrected chi connectivity index (χ1v) is 12.4. The molecule has 36 heavy (non-hydrogen) atoms. The van der Waals surface area contributed by atoms with Crippen molar-refractivity contribution in [3.63, 3.8) is 0 Å². The number of ketones is 1. The maximum atomic E-state index is 13.7. The minimum absolute atomic E-state index is 0.0691. The summed E-state index contributed by atoms with van der Waals surface area (Å²) in [6.45, 7) is 0.123. The molecule has 2 aliphatic heterocycles. The molecule has 184 valence electrons. The fourth-order valence-corrected chi connectivity index (χ4v) is 5.79. The Balaban J connectivity index is 1.41. The lowest BCUT2D eigenvalue weighted by Gasteiger charge is -2.49. The van der Waals surface area contributed by atoms with Gasteiger partial charge in [-0.1, -0.05) is 36.4 Å². The Morgan fingerprint density at radius 3 is 2.44 bits per heavy atom. The molecule has 2 aliphatic rings. The van der Waals surface area contributed by atoms with Crippen molar-refractivity contribution < 1.29 is 33.4 Å². The Hall–Kier alpha value is -3.85. The molecule has 3 aromatic rings. The average Bonchev–Trinajstić information content (AvgIpc) is 3.35. The van der Waals surface area contributed by atoms with Gasteiger partial charge in [0, 0.05) is 12.0 Å². The van der Waals surface area contributed by atoms with Gasteiger partial charge in [0.2, 0.25) is 5.91 Å². The summed E-state index contributed by atoms with van der Waals surface area (Å²) < 4.78 is 24.5. The first-order chi connectivity index (χ1) is 17.4. The van der Waals surface area contributed by atoms with Crippen molar-refractivity contribution in [2.45, 2.75) is 17.2 Å². The topological polar surface area (TPSA) is 102 Å². The van der Waals surface area contributed by atoms with E-state index in [9.17, 15) is 18.8 Å². The van der Waals surface area contributed by atoms with Crippen LogP contribution in [0.4, 0.5) is 4.39 Å². The molecule has 0 radical (unpaired) electrons. The fraction of sp³-hybridized carbons (Fsp3) is 0.222. The number of carboxylic acids is 1. The van der Waals surface area contributed by atoms with Crippen molar-refractivity contribution in [1.29, 1.82) is 0 Å². The van der Waals surface area contributed by atoms with E-state index in [-0.39, 0.29) is 17.4 Å². The summed E-state index contributed by atoms with van der Waals surface area (Å²) >= 11 is 1.22. The number of rotatable bonds is 9. The van der Waals surface area contributed by atoms with Crippen LogP contribution in [-0.2, 0) is 21.5 Å². The van der Waals surface area contributed by atoms with E-state index in [1.165, 1.54) is 23.9 Å². The Labute approximate surface area is 210 Å². The minimum atomic E-state index is -1.09. The summed E-state index contributed by atoms with van der Waals surface area (Å²) in [6.07, 6.45) is 0.821. The molecule has 5 rings (SSSR count). The first-order valence-electron chi connectivity index (χ1n) is 11.3. The molecular weight excluding hydrogens is 485 g/mol. The summed E-state index contributed by atoms with van der Waals surface area (Å²) in [7, 11) is 0. The second-order valence-corrected chi connectivity index (χ2v) is 9.64. The van der Waals surface area contributed by atoms with E-state index in [0.29, 0.717) is 29.0 Å². The Kier molecular flexibility index (Phi) is 6.40. The molecule has 3 aromatic carbocycles. The van der Waals surface area contributed by atoms with Crippen molar-refractivity contribution in [1.82, 2.24) is 5.32 Å². The van der Waals surface area contributed by atoms with Gasteiger partial charge >= 0.3 is 5.97 Å². The van der Waals surface area contributed by atoms with E-state index < -0.39 is 29.2 Å². The lowest BCUT2D eigenvalue weighted by Crippen LogP contribution is -2.69. The monoisotopic (exact) mass is 507 g/mol. The third-order valence-electron chi connectivity index (χ3n) is 6.32. The highest BCUT2D eigenvalue weighted by atomic mass is 32.2. The molecule has 2 atom stereocenters. The number of carboxylic acid groups (broad SMARTS) is 1. The maximum Gasteiger partial charge on any atom is 0.341 e. The molecule has 0 saturated carbocycles. The van der Waals surface area contributed by atoms with Gasteiger partial charge in [0.25, 0.3) is 0 Å². The van der Waals surface area contributed by atoms with Gasteiger partial charge in [0.1, 0.15) is 28.1 Å². The second-order valence-electron chi connectivity index (χ2n) is 8.55. The van der Waals surface area contributed by atoms with Crippen LogP contribution in [0.5, 0.6) is 11.5 Å². The molecule has 2 N–H and O–H groups in total. The van der Waals surface area contributed by atoms with Crippen LogP contribution in [0.1, 0.15) is 27.0 Å². The van der Waals surface area contributed by atoms with E-state index >= 15 is 0 Å². The maximum absolute atomic E-state index is 13.7. The number of amides is 1. The van der Waals surface area contributed by atoms with Gasteiger partial charge in [-0.2, -0.15) is 0 Å². The quantitative estimate of drug-likeness (QED) is 0.337. The molecule has 2 heterocycles. The number of β-lactam (4-membered cyclic amide) rings is 1. The summed E-state index contributed by atoms with van der Waals surface area (Å²) in [5.74, 6) is -0.708. The van der Waals surface area contributed by atoms with Crippen molar-refractivity contribution in [3.8, 4) is 11.5 Å². The molecule has 7 nitrogen and oxygen atoms in total. The predicted octanol–water partition coefficient (Wildman–Crippen LogP) is 3.58. The largest absolute Gasteiger partial charge is 0.493 e. The van der Waals surface area contributed by atoms with Crippen LogP contribution < -0.4 is 14.8 Å². The number of hydrogen-bond donors (Lipinski definition) is 2. The lowest BCUT2D eigenvalue weighted by atomic mass is 9.74. The number of carbonyl (C=O) groups excluding carboxylic acids is 2. The second kappa shape index (κ2) is 9.66. The van der Waals surface area contributed by atoms with Crippen LogP contribution >= 0.6 is 11.8 Å². The third kappa shape index (κ3) is 4.42. The highest BCUT2D eigenvalue weighted by Crippen LogP contribution is 2.46. The van der Waals surface area contributed by atoms with E-state index in [0.717, 1.165) is 17.7 Å². The van der Waals surface area contributed by atoms with Gasteiger partial charge in [-0.25, -0.2) is 9.18 Å². The van der Waals surface area contributed by atoms with Crippen LogP contribution in [0, 0.1) is 5.82 Å². The smallest absolute Gasteiger partial charge is 0.341 e. The Morgan fingerprint density at radius 2 is 1.78 bits per heavy atom. The van der Waals surface area contributed by atoms with Gasteiger partial charge in [-0.15, -0.1) is 11.8 Å². The minimum Gasteiger partial charge on any atom is -0.493 e. The van der Waals surface area contributed by atoms with E-state index in [2.05, 4.69) is 5.32 Å². The van der Waals surface area contributed by atoms with Crippen LogP contribution in [-0.4, -0.2) is 47.0 Å². The number of halogens is 1. The molecule has 1 saturated heterocycles. The van der Waals surface area contributed by atoms with Crippen LogP contribution in [0.2, 0.25) is 0 Å². The van der Waals surface area contributed by atoms with Gasteiger partial charge < -0.3 is 19.9 Å². The molecule has 0 bridgehead atoms. The van der Waals surface area contributed by atoms with Crippen molar-refractivity contribution >= 4 is 29.4 Å². The predicted molar refractivity (Wildman–Crippen MR) is 131 cm³/mol. The van der Waals surface area contributed by atoms with Gasteiger partial charge in [-0.3, -0.25) is 9.59 Å². The van der Waals surface area contributed by atoms with E-state index in [4.69, 9.17) is 14.6 Å². The molecule has 1 fully saturated rings. The molecule has 1 amide bonds. The lowest BCUT2D eigenvalue weighted by molar-refractivity contribution is -0.139. The SMILES string of the molecule is O=C(O)COc1ccc([C@]2(c3ccc(F)cc3)NC(=O)[C@@H]2SCC(=O)c2ccc3c(c2)OCC3)cc1. The first kappa shape index (κ1) is 23.9. The van der Waals surface area contributed by atoms with E-state index in [1.54, 1.807) is 48.5 Å². The molecule has 0 spiro atoms. The third-order valence-corrected chi connectivity index (χ3v) is 7.65. The van der Waals surface area contributed by atoms with Gasteiger partial charge in [-0.05, 0) is 47.0 Å². The molecule has 0 aromatic heterocycles. The normalized spacial score (nSPS) is 20.0. The standard InChI is InChI=1S/C27H22FNO6S/c28-20-7-3-18(4-8-20)27(19-5-9-21(10-6-19)35-14-24(31)32)25(26(33)29-27)36-15-22(30)17-2-1-16-11-12-34-23(16)13-17/h1-10,13,25H,11-12,14-15H2,(H,29,33)(H,31,32)/t25-,27-/m0/s1. The molecule has 9 heteroatoms. The number of ether oxygens (including phenoxy) is 2. The van der Waals surface area contributed by atoms with Crippen LogP contribution in [0.25, 0.3) is 0 Å². The van der Waals surface area contributed by atoms with E-state index in [1.807, 2.05) is 6.07 Å². The Bertz CT molecular complexity index is 1330. The van der Waals surface area contributed by atoms with Gasteiger partial charge in [0.05, 0.1) is 12.4 Å². The highest BCUT2D eigenvalue weighted by molar-refractivity contribution is 8.01. The summed E-state index contributed by atoms with van der Waals surface area (Å²) in [4.78, 5) is 36.5. The van der Waals surface area contributed by atoms with Crippen LogP contribution in [0.15, 0.2) is 66.7 Å². The number of aliphatic carboxylic acids is 1. The summed E-state index contributed by atoms with van der Waals surface area (Å²) in [6, 6.07) is 18.0. The zero-order valence-corrected chi connectivity index (χ0v) is 19.8. The molecular formula is C27H22FNO6S. The number of thioether (sulfide) groups is 1. The van der Waals surface area contributed by atoms with Crippen molar-refractivity contribution in [2.75, 3.05) is 19.0 Å². The fourth-order valence-electron chi connectivity index (χ4n) is 4.51. The number of benzene rings is 3. The highest BCUT2D eigenvalue weighted by Gasteiger charge is 2.56. The van der Waals surface area contributed by atoms with Crippen LogP contribution in [0.3, 0.4) is 0 Å². The zero-order valence-electron chi connectivity index (χ0n) is 19.0. The van der Waals surface area contributed by atoms with Crippen molar-refractivity contribution in [2.24, 2.45) is 0 Å². The Morgan fingerprint density at radius 1 is 1.08 bits per heavy atom. The zero-order chi connectivity index (χ0) is 25.3. The van der Waals surface area contributed by atoms with Crippen molar-refractivity contribution in [3.05, 3.63) is 94.8 Å². The number of hydrogen-bond acceptors (Lipinski definition) is 6. The number of nitrogens with one attached hydrogen (secondary N) is 1. The van der Waals surface area contributed by atoms with Gasteiger partial charge in [0.15, 0.2) is 12.4 Å². The summed E-state index contributed by atoms with van der Waals surface area (Å²) in [5.41, 5.74) is 1.96.